The molecule has 14 heteroatoms. The number of nitrogens with one attached hydrogen (secondary N) is 1. The average molecular weight is 484 g/mol. The van der Waals surface area contributed by atoms with E-state index in [0.717, 1.165) is 0 Å². The maximum absolute atomic E-state index is 14.1. The van der Waals surface area contributed by atoms with Crippen LogP contribution in [0, 0.1) is 11.6 Å². The van der Waals surface area contributed by atoms with Crippen molar-refractivity contribution in [1.82, 2.24) is 19.7 Å². The number of primary amides is 1. The third kappa shape index (κ3) is 4.85. The molecular formula is C20H17F5N6O3. The van der Waals surface area contributed by atoms with Gasteiger partial charge in [-0.05, 0) is 12.1 Å². The smallest absolute Gasteiger partial charge is 0.371 e. The first-order chi connectivity index (χ1) is 15.8. The Hall–Kier alpha value is -3.94. The van der Waals surface area contributed by atoms with Crippen LogP contribution in [0.2, 0.25) is 0 Å². The van der Waals surface area contributed by atoms with E-state index in [1.54, 1.807) is 6.07 Å². The van der Waals surface area contributed by atoms with Crippen molar-refractivity contribution >= 4 is 17.5 Å². The number of anilines is 1. The number of carbonyl (C=O) groups is 2. The molecule has 2 aromatic heterocycles. The van der Waals surface area contributed by atoms with Gasteiger partial charge in [-0.2, -0.15) is 18.3 Å². The van der Waals surface area contributed by atoms with Gasteiger partial charge in [0.25, 0.3) is 11.5 Å². The van der Waals surface area contributed by atoms with Crippen LogP contribution in [-0.4, -0.2) is 54.9 Å². The Labute approximate surface area is 188 Å². The number of rotatable bonds is 8. The molecule has 0 fully saturated rings. The number of aromatic nitrogens is 4. The summed E-state index contributed by atoms with van der Waals surface area (Å²) < 4.78 is 68.4. The van der Waals surface area contributed by atoms with Crippen LogP contribution in [0.1, 0.15) is 23.0 Å². The van der Waals surface area contributed by atoms with Crippen molar-refractivity contribution in [2.45, 2.75) is 25.2 Å². The van der Waals surface area contributed by atoms with Gasteiger partial charge in [-0.15, -0.1) is 0 Å². The summed E-state index contributed by atoms with van der Waals surface area (Å²) >= 11 is 0. The zero-order valence-corrected chi connectivity index (χ0v) is 17.4. The maximum atomic E-state index is 14.1. The zero-order chi connectivity index (χ0) is 25.3. The molecule has 1 unspecified atom stereocenters. The molecule has 1 aromatic carbocycles. The summed E-state index contributed by atoms with van der Waals surface area (Å²) in [6.07, 6.45) is -4.83. The number of hydrogen-bond acceptors (Lipinski definition) is 7. The number of Topliss-reactive ketones (excluding diaryl/α,β-unsaturated/α-hetero) is 1. The predicted octanol–water partition coefficient (Wildman–Crippen LogP) is 2.06. The van der Waals surface area contributed by atoms with Crippen LogP contribution >= 0.6 is 0 Å². The molecule has 1 atom stereocenters. The van der Waals surface area contributed by atoms with E-state index in [0.29, 0.717) is 6.20 Å². The van der Waals surface area contributed by atoms with Crippen molar-refractivity contribution in [2.24, 2.45) is 5.73 Å². The van der Waals surface area contributed by atoms with Crippen molar-refractivity contribution in [3.8, 4) is 11.5 Å². The number of hydrogen-bond donors (Lipinski definition) is 3. The second-order valence-corrected chi connectivity index (χ2v) is 7.19. The summed E-state index contributed by atoms with van der Waals surface area (Å²) in [6, 6.07) is 7.03. The maximum Gasteiger partial charge on any atom is 0.428 e. The minimum absolute atomic E-state index is 0.0425. The minimum atomic E-state index is -5.44. The number of ketones is 1. The number of amides is 1. The molecule has 3 aromatic rings. The van der Waals surface area contributed by atoms with Gasteiger partial charge in [-0.3, -0.25) is 14.3 Å². The molecule has 0 aliphatic rings. The van der Waals surface area contributed by atoms with E-state index in [1.165, 1.54) is 35.9 Å². The molecule has 4 N–H and O–H groups in total. The van der Waals surface area contributed by atoms with Crippen LogP contribution in [0.5, 0.6) is 0 Å². The van der Waals surface area contributed by atoms with Crippen molar-refractivity contribution in [1.29, 1.82) is 0 Å². The molecule has 2 heterocycles. The Morgan fingerprint density at radius 3 is 2.44 bits per heavy atom. The topological polar surface area (TPSA) is 136 Å². The Morgan fingerprint density at radius 1 is 1.18 bits per heavy atom. The fourth-order valence-electron chi connectivity index (χ4n) is 2.87. The van der Waals surface area contributed by atoms with Crippen molar-refractivity contribution < 1.29 is 36.6 Å². The summed E-state index contributed by atoms with van der Waals surface area (Å²) in [4.78, 5) is 30.6. The van der Waals surface area contributed by atoms with E-state index < -0.39 is 47.5 Å². The quantitative estimate of drug-likeness (QED) is 0.329. The molecule has 0 aliphatic carbocycles. The third-order valence-electron chi connectivity index (χ3n) is 4.78. The molecule has 0 spiro atoms. The van der Waals surface area contributed by atoms with Crippen LogP contribution in [-0.2, 0) is 11.3 Å². The predicted molar refractivity (Wildman–Crippen MR) is 107 cm³/mol. The van der Waals surface area contributed by atoms with Crippen molar-refractivity contribution in [2.75, 3.05) is 11.9 Å². The van der Waals surface area contributed by atoms with E-state index in [1.807, 2.05) is 5.32 Å². The SMILES string of the molecule is CC(=O)c1cc(-c2ncc(F)c(NCC(O)(C(N)=O)C(F)(F)F)n2)nn1Cc1ccccc1F. The minimum Gasteiger partial charge on any atom is -0.371 e. The van der Waals surface area contributed by atoms with Gasteiger partial charge in [0.2, 0.25) is 0 Å². The fraction of sp³-hybridized carbons (Fsp3) is 0.250. The van der Waals surface area contributed by atoms with Gasteiger partial charge in [0.1, 0.15) is 17.2 Å². The molecule has 3 rings (SSSR count). The highest BCUT2D eigenvalue weighted by atomic mass is 19.4. The van der Waals surface area contributed by atoms with E-state index in [9.17, 15) is 36.6 Å². The number of carbonyl (C=O) groups excluding carboxylic acids is 2. The number of nitrogens with zero attached hydrogens (tertiary/aromatic N) is 4. The molecule has 0 aliphatic heterocycles. The lowest BCUT2D eigenvalue weighted by Crippen LogP contribution is -2.59. The van der Waals surface area contributed by atoms with Crippen molar-refractivity contribution in [3.63, 3.8) is 0 Å². The molecule has 34 heavy (non-hydrogen) atoms. The van der Waals surface area contributed by atoms with E-state index in [2.05, 4.69) is 20.8 Å². The fourth-order valence-corrected chi connectivity index (χ4v) is 2.87. The van der Waals surface area contributed by atoms with Gasteiger partial charge in [-0.1, -0.05) is 18.2 Å². The average Bonchev–Trinajstić information content (AvgIpc) is 3.17. The standard InChI is InChI=1S/C20H17F5N6O3/c1-10(32)15-6-14(30-31(15)8-11-4-2-3-5-12(11)21)17-27-7-13(22)16(29-17)28-9-19(34,18(26)33)20(23,24)25/h2-7,34H,8-9H2,1H3,(H2,26,33)(H,27,28,29). The van der Waals surface area contributed by atoms with E-state index in [4.69, 9.17) is 0 Å². The summed E-state index contributed by atoms with van der Waals surface area (Å²) in [6.45, 7) is -0.427. The number of nitrogens with two attached hydrogens (primary N) is 1. The number of alkyl halides is 3. The Kier molecular flexibility index (Phi) is 6.63. The third-order valence-corrected chi connectivity index (χ3v) is 4.78. The molecule has 0 bridgehead atoms. The molecule has 180 valence electrons. The largest absolute Gasteiger partial charge is 0.428 e. The normalized spacial score (nSPS) is 13.4. The van der Waals surface area contributed by atoms with E-state index in [-0.39, 0.29) is 29.3 Å². The monoisotopic (exact) mass is 484 g/mol. The first-order valence-corrected chi connectivity index (χ1v) is 9.51. The van der Waals surface area contributed by atoms with Gasteiger partial charge < -0.3 is 16.2 Å². The molecule has 1 amide bonds. The molecule has 0 saturated carbocycles. The zero-order valence-electron chi connectivity index (χ0n) is 17.4. The number of aliphatic hydroxyl groups is 1. The highest BCUT2D eigenvalue weighted by Crippen LogP contribution is 2.31. The van der Waals surface area contributed by atoms with Crippen LogP contribution in [0.15, 0.2) is 36.5 Å². The van der Waals surface area contributed by atoms with Gasteiger partial charge >= 0.3 is 6.18 Å². The summed E-state index contributed by atoms with van der Waals surface area (Å²) in [7, 11) is 0. The van der Waals surface area contributed by atoms with Crippen LogP contribution < -0.4 is 11.1 Å². The second kappa shape index (κ2) is 9.13. The van der Waals surface area contributed by atoms with Crippen molar-refractivity contribution in [3.05, 3.63) is 59.4 Å². The molecule has 9 nitrogen and oxygen atoms in total. The Balaban J connectivity index is 1.94. The molecule has 0 radical (unpaired) electrons. The summed E-state index contributed by atoms with van der Waals surface area (Å²) in [5.74, 6) is -5.36. The lowest BCUT2D eigenvalue weighted by atomic mass is 10.0. The van der Waals surface area contributed by atoms with Crippen LogP contribution in [0.3, 0.4) is 0 Å². The Morgan fingerprint density at radius 2 is 1.85 bits per heavy atom. The van der Waals surface area contributed by atoms with Crippen LogP contribution in [0.25, 0.3) is 11.5 Å². The first kappa shape index (κ1) is 24.7. The Bertz CT molecular complexity index is 1250. The van der Waals surface area contributed by atoms with Gasteiger partial charge in [-0.25, -0.2) is 18.7 Å². The van der Waals surface area contributed by atoms with E-state index >= 15 is 0 Å². The number of halogens is 5. The highest BCUT2D eigenvalue weighted by molar-refractivity contribution is 5.93. The van der Waals surface area contributed by atoms with Gasteiger partial charge in [0.15, 0.2) is 23.2 Å². The second-order valence-electron chi connectivity index (χ2n) is 7.19. The van der Waals surface area contributed by atoms with Gasteiger partial charge in [0.05, 0.1) is 19.3 Å². The highest BCUT2D eigenvalue weighted by Gasteiger charge is 2.58. The molecule has 0 saturated heterocycles. The number of benzene rings is 1. The molecular weight excluding hydrogens is 467 g/mol. The summed E-state index contributed by atoms with van der Waals surface area (Å²) in [5.41, 5.74) is 0.863. The van der Waals surface area contributed by atoms with Gasteiger partial charge in [0, 0.05) is 12.5 Å². The first-order valence-electron chi connectivity index (χ1n) is 9.51. The lowest BCUT2D eigenvalue weighted by Gasteiger charge is -2.27. The summed E-state index contributed by atoms with van der Waals surface area (Å²) in [5, 5.41) is 15.6. The van der Waals surface area contributed by atoms with Crippen LogP contribution in [0.4, 0.5) is 27.8 Å². The lowest BCUT2D eigenvalue weighted by molar-refractivity contribution is -0.245.